The minimum Gasteiger partial charge on any atom is -0.504 e. The van der Waals surface area contributed by atoms with E-state index < -0.39 is 5.41 Å². The Balaban J connectivity index is 1.94. The number of allylic oxidation sites excluding steroid dienone is 22. The molecule has 0 aromatic heterocycles. The maximum atomic E-state index is 12.2. The topological polar surface area (TPSA) is 57.5 Å². The average molecular weight is 581 g/mol. The molecule has 0 fully saturated rings. The summed E-state index contributed by atoms with van der Waals surface area (Å²) in [6.45, 7) is 20.6. The van der Waals surface area contributed by atoms with Crippen molar-refractivity contribution in [2.24, 2.45) is 10.8 Å². The number of carbonyl (C=O) groups is 1. The van der Waals surface area contributed by atoms with Crippen LogP contribution in [0.2, 0.25) is 0 Å². The molecule has 43 heavy (non-hydrogen) atoms. The first-order chi connectivity index (χ1) is 20.0. The number of Topliss-reactive ketones (excluding diaryl/α,β-unsaturated/α-hetero) is 1. The van der Waals surface area contributed by atoms with Crippen LogP contribution in [0.25, 0.3) is 0 Å². The lowest BCUT2D eigenvalue weighted by Gasteiger charge is -2.35. The lowest BCUT2D eigenvalue weighted by atomic mass is 9.71. The number of ketones is 1. The first-order valence-electron chi connectivity index (χ1n) is 15.2. The van der Waals surface area contributed by atoms with Crippen molar-refractivity contribution in [1.29, 1.82) is 0 Å². The summed E-state index contributed by atoms with van der Waals surface area (Å²) in [6.07, 6.45) is 32.0. The molecule has 0 amide bonds. The minimum absolute atomic E-state index is 0.0924. The summed E-state index contributed by atoms with van der Waals surface area (Å²) in [5.74, 6) is -0.477. The van der Waals surface area contributed by atoms with Gasteiger partial charge in [-0.3, -0.25) is 4.79 Å². The first-order valence-corrected chi connectivity index (χ1v) is 15.2. The van der Waals surface area contributed by atoms with E-state index in [-0.39, 0.29) is 23.1 Å². The molecule has 0 bridgehead atoms. The van der Waals surface area contributed by atoms with Crippen LogP contribution in [0.3, 0.4) is 0 Å². The van der Waals surface area contributed by atoms with Gasteiger partial charge in [0.2, 0.25) is 5.78 Å². The second-order valence-electron chi connectivity index (χ2n) is 13.1. The predicted octanol–water partition coefficient (Wildman–Crippen LogP) is 10.4. The van der Waals surface area contributed by atoms with Gasteiger partial charge in [0.25, 0.3) is 0 Å². The fourth-order valence-electron chi connectivity index (χ4n) is 5.31. The third kappa shape index (κ3) is 10.8. The predicted molar refractivity (Wildman–Crippen MR) is 185 cm³/mol. The molecule has 2 rings (SSSR count). The van der Waals surface area contributed by atoms with Crippen molar-refractivity contribution in [3.8, 4) is 0 Å². The molecule has 0 radical (unpaired) electrons. The van der Waals surface area contributed by atoms with E-state index in [0.717, 1.165) is 40.7 Å². The van der Waals surface area contributed by atoms with Crippen molar-refractivity contribution in [3.05, 3.63) is 141 Å². The quantitative estimate of drug-likeness (QED) is 0.253. The zero-order valence-corrected chi connectivity index (χ0v) is 28.0. The van der Waals surface area contributed by atoms with Gasteiger partial charge in [0.1, 0.15) is 0 Å². The van der Waals surface area contributed by atoms with Gasteiger partial charge in [-0.2, -0.15) is 0 Å². The van der Waals surface area contributed by atoms with Crippen molar-refractivity contribution in [2.45, 2.75) is 88.2 Å². The van der Waals surface area contributed by atoms with Gasteiger partial charge < -0.3 is 10.2 Å². The van der Waals surface area contributed by atoms with Crippen LogP contribution in [0.15, 0.2) is 141 Å². The lowest BCUT2D eigenvalue weighted by Crippen LogP contribution is -2.27. The summed E-state index contributed by atoms with van der Waals surface area (Å²) in [5, 5.41) is 20.1. The largest absolute Gasteiger partial charge is 0.504 e. The third-order valence-corrected chi connectivity index (χ3v) is 8.16. The van der Waals surface area contributed by atoms with E-state index in [1.165, 1.54) is 11.1 Å². The molecule has 0 saturated carbocycles. The molecule has 1 atom stereocenters. The van der Waals surface area contributed by atoms with E-state index in [1.807, 2.05) is 64.2 Å². The monoisotopic (exact) mass is 580 g/mol. The summed E-state index contributed by atoms with van der Waals surface area (Å²) < 4.78 is 0. The summed E-state index contributed by atoms with van der Waals surface area (Å²) in [6, 6.07) is 0. The Hall–Kier alpha value is -3.69. The maximum absolute atomic E-state index is 12.2. The van der Waals surface area contributed by atoms with Crippen molar-refractivity contribution in [3.63, 3.8) is 0 Å². The van der Waals surface area contributed by atoms with Crippen molar-refractivity contribution in [1.82, 2.24) is 0 Å². The third-order valence-electron chi connectivity index (χ3n) is 8.16. The van der Waals surface area contributed by atoms with Crippen LogP contribution in [0.5, 0.6) is 0 Å². The van der Waals surface area contributed by atoms with Crippen LogP contribution in [0, 0.1) is 10.8 Å². The summed E-state index contributed by atoms with van der Waals surface area (Å²) in [4.78, 5) is 12.2. The van der Waals surface area contributed by atoms with Gasteiger partial charge in [-0.05, 0) is 82.6 Å². The maximum Gasteiger partial charge on any atom is 0.222 e. The molecule has 0 heterocycles. The Labute approximate surface area is 260 Å². The molecular weight excluding hydrogens is 528 g/mol. The Morgan fingerprint density at radius 3 is 1.70 bits per heavy atom. The van der Waals surface area contributed by atoms with Gasteiger partial charge in [0, 0.05) is 11.0 Å². The molecule has 2 N–H and O–H groups in total. The number of aliphatic hydroxyl groups is 2. The molecule has 2 aliphatic rings. The minimum atomic E-state index is -0.398. The highest BCUT2D eigenvalue weighted by atomic mass is 16.3. The zero-order valence-electron chi connectivity index (χ0n) is 28.0. The fraction of sp³-hybridized carbons (Fsp3) is 0.375. The lowest BCUT2D eigenvalue weighted by molar-refractivity contribution is -0.114. The van der Waals surface area contributed by atoms with Crippen LogP contribution in [0.4, 0.5) is 0 Å². The van der Waals surface area contributed by atoms with Crippen LogP contribution in [-0.4, -0.2) is 22.1 Å². The van der Waals surface area contributed by atoms with Gasteiger partial charge >= 0.3 is 0 Å². The molecule has 0 aliphatic heterocycles. The molecule has 0 aromatic carbocycles. The first kappa shape index (κ1) is 35.5. The molecule has 3 nitrogen and oxygen atoms in total. The molecular formula is C40H52O3. The molecule has 0 spiro atoms. The van der Waals surface area contributed by atoms with Crippen LogP contribution in [-0.2, 0) is 4.79 Å². The second-order valence-corrected chi connectivity index (χ2v) is 13.1. The van der Waals surface area contributed by atoms with E-state index in [1.54, 1.807) is 13.0 Å². The molecule has 0 unspecified atom stereocenters. The average Bonchev–Trinajstić information content (AvgIpc) is 2.91. The van der Waals surface area contributed by atoms with Crippen molar-refractivity contribution >= 4 is 5.78 Å². The molecule has 230 valence electrons. The Morgan fingerprint density at radius 2 is 1.19 bits per heavy atom. The number of hydrogen-bond donors (Lipinski definition) is 2. The highest BCUT2D eigenvalue weighted by Gasteiger charge is 2.31. The number of aliphatic hydroxyl groups excluding tert-OH is 2. The second kappa shape index (κ2) is 15.7. The van der Waals surface area contributed by atoms with Gasteiger partial charge in [-0.1, -0.05) is 135 Å². The van der Waals surface area contributed by atoms with Crippen LogP contribution < -0.4 is 0 Å². The number of carbonyl (C=O) groups excluding carboxylic acids is 1. The highest BCUT2D eigenvalue weighted by Crippen LogP contribution is 2.41. The highest BCUT2D eigenvalue weighted by molar-refractivity contribution is 6.08. The van der Waals surface area contributed by atoms with Gasteiger partial charge in [0.15, 0.2) is 5.76 Å². The number of rotatable bonds is 10. The summed E-state index contributed by atoms with van der Waals surface area (Å²) in [5.41, 5.74) is 8.06. The van der Waals surface area contributed by atoms with E-state index >= 15 is 0 Å². The smallest absolute Gasteiger partial charge is 0.222 e. The van der Waals surface area contributed by atoms with E-state index in [0.29, 0.717) is 5.57 Å². The van der Waals surface area contributed by atoms with Gasteiger partial charge in [-0.15, -0.1) is 0 Å². The molecule has 0 saturated heterocycles. The van der Waals surface area contributed by atoms with E-state index in [9.17, 15) is 15.0 Å². The Kier molecular flexibility index (Phi) is 13.0. The molecule has 0 aromatic rings. The molecule has 3 heteroatoms. The van der Waals surface area contributed by atoms with Crippen molar-refractivity contribution < 1.29 is 15.0 Å². The molecule has 2 aliphatic carbocycles. The normalized spacial score (nSPS) is 22.9. The zero-order chi connectivity index (χ0) is 32.4. The summed E-state index contributed by atoms with van der Waals surface area (Å²) >= 11 is 0. The van der Waals surface area contributed by atoms with E-state index in [4.69, 9.17) is 0 Å². The van der Waals surface area contributed by atoms with Crippen molar-refractivity contribution in [2.75, 3.05) is 0 Å². The SMILES string of the molecule is CC1=C(/C=C/C(C)=C/C=C/C(C)=C/C=C/C=C(C)/C=C/C=C(C)/C=C/C2=C(C)[C@@H](O)CCC2(C)C)C(C)(C)C=C(O)C1=O. The van der Waals surface area contributed by atoms with Gasteiger partial charge in [0.05, 0.1) is 6.10 Å². The number of hydrogen-bond acceptors (Lipinski definition) is 3. The summed E-state index contributed by atoms with van der Waals surface area (Å²) in [7, 11) is 0. The standard InChI is InChI=1S/C40H52O3/c1-28(17-13-19-30(3)21-23-34-32(5)36(41)25-26-39(34,7)8)15-11-12-16-29(2)18-14-20-31(4)22-24-35-33(6)38(43)37(42)27-40(35,9)10/h11-24,27,36,41-42H,25-26H2,1-10H3/b12-11+,17-13+,18-14+,23-21+,24-22+,28-15+,29-16+,30-19+,31-20+/t36-/m0/s1. The Morgan fingerprint density at radius 1 is 0.744 bits per heavy atom. The van der Waals surface area contributed by atoms with E-state index in [2.05, 4.69) is 83.2 Å². The van der Waals surface area contributed by atoms with Crippen LogP contribution >= 0.6 is 0 Å². The fourth-order valence-corrected chi connectivity index (χ4v) is 5.31. The van der Waals surface area contributed by atoms with Crippen LogP contribution in [0.1, 0.15) is 82.1 Å². The van der Waals surface area contributed by atoms with Gasteiger partial charge in [-0.25, -0.2) is 0 Å². The Bertz CT molecular complexity index is 1430.